The summed E-state index contributed by atoms with van der Waals surface area (Å²) in [6.07, 6.45) is 1.05. The van der Waals surface area contributed by atoms with E-state index in [0.29, 0.717) is 13.2 Å². The van der Waals surface area contributed by atoms with Gasteiger partial charge >= 0.3 is 0 Å². The van der Waals surface area contributed by atoms with Gasteiger partial charge in [-0.25, -0.2) is 0 Å². The van der Waals surface area contributed by atoms with Crippen molar-refractivity contribution in [1.82, 2.24) is 9.80 Å². The fraction of sp³-hybridized carbons (Fsp3) is 0.923. The number of methoxy groups -OCH3 is 1. The Balaban J connectivity index is 4.06. The van der Waals surface area contributed by atoms with Gasteiger partial charge in [-0.1, -0.05) is 0 Å². The molecule has 0 unspecified atom stereocenters. The van der Waals surface area contributed by atoms with Crippen molar-refractivity contribution in [3.8, 4) is 0 Å². The normalized spacial score (nSPS) is 11.3. The maximum atomic E-state index is 12.0. The number of hydrogen-bond donors (Lipinski definition) is 0. The molecule has 0 aromatic heterocycles. The SMILES string of the molecule is COCCN(CCCN(C)C)C(=O)COC(C)C. The maximum absolute atomic E-state index is 12.0. The van der Waals surface area contributed by atoms with Crippen molar-refractivity contribution in [2.24, 2.45) is 0 Å². The number of amides is 1. The van der Waals surface area contributed by atoms with Gasteiger partial charge in [0, 0.05) is 20.2 Å². The third-order valence-corrected chi connectivity index (χ3v) is 2.49. The predicted octanol–water partition coefficient (Wildman–Crippen LogP) is 0.838. The molecule has 0 spiro atoms. The first-order valence-corrected chi connectivity index (χ1v) is 6.50. The first kappa shape index (κ1) is 17.4. The van der Waals surface area contributed by atoms with Gasteiger partial charge in [0.25, 0.3) is 0 Å². The molecule has 0 heterocycles. The molecule has 5 heteroatoms. The van der Waals surface area contributed by atoms with Crippen LogP contribution in [0.2, 0.25) is 0 Å². The van der Waals surface area contributed by atoms with E-state index in [2.05, 4.69) is 4.90 Å². The lowest BCUT2D eigenvalue weighted by molar-refractivity contribution is -0.138. The van der Waals surface area contributed by atoms with Crippen molar-refractivity contribution >= 4 is 5.91 Å². The Morgan fingerprint density at radius 3 is 2.33 bits per heavy atom. The third-order valence-electron chi connectivity index (χ3n) is 2.49. The van der Waals surface area contributed by atoms with E-state index in [1.807, 2.05) is 32.8 Å². The quantitative estimate of drug-likeness (QED) is 0.584. The molecule has 0 bridgehead atoms. The van der Waals surface area contributed by atoms with Crippen LogP contribution < -0.4 is 0 Å². The van der Waals surface area contributed by atoms with Crippen molar-refractivity contribution in [2.45, 2.75) is 26.4 Å². The van der Waals surface area contributed by atoms with Crippen molar-refractivity contribution in [3.63, 3.8) is 0 Å². The van der Waals surface area contributed by atoms with Crippen LogP contribution in [0.4, 0.5) is 0 Å². The molecule has 0 rings (SSSR count). The van der Waals surface area contributed by atoms with Gasteiger partial charge in [0.05, 0.1) is 12.7 Å². The summed E-state index contributed by atoms with van der Waals surface area (Å²) in [5.41, 5.74) is 0. The average molecular weight is 260 g/mol. The predicted molar refractivity (Wildman–Crippen MR) is 72.7 cm³/mol. The number of hydrogen-bond acceptors (Lipinski definition) is 4. The molecular formula is C13H28N2O3. The highest BCUT2D eigenvalue weighted by Gasteiger charge is 2.13. The number of carbonyl (C=O) groups is 1. The van der Waals surface area contributed by atoms with E-state index in [9.17, 15) is 4.79 Å². The summed E-state index contributed by atoms with van der Waals surface area (Å²) in [4.78, 5) is 15.9. The lowest BCUT2D eigenvalue weighted by Crippen LogP contribution is -2.38. The highest BCUT2D eigenvalue weighted by atomic mass is 16.5. The van der Waals surface area contributed by atoms with Gasteiger partial charge in [-0.3, -0.25) is 4.79 Å². The van der Waals surface area contributed by atoms with Crippen molar-refractivity contribution in [2.75, 3.05) is 54.1 Å². The second-order valence-corrected chi connectivity index (χ2v) is 4.89. The first-order chi connectivity index (χ1) is 8.47. The minimum absolute atomic E-state index is 0.0412. The molecule has 0 saturated heterocycles. The summed E-state index contributed by atoms with van der Waals surface area (Å²) in [5, 5.41) is 0. The Bertz CT molecular complexity index is 220. The zero-order valence-corrected chi connectivity index (χ0v) is 12.4. The van der Waals surface area contributed by atoms with Crippen LogP contribution in [-0.2, 0) is 14.3 Å². The fourth-order valence-electron chi connectivity index (χ4n) is 1.47. The largest absolute Gasteiger partial charge is 0.383 e. The molecule has 1 amide bonds. The maximum Gasteiger partial charge on any atom is 0.248 e. The fourth-order valence-corrected chi connectivity index (χ4v) is 1.47. The summed E-state index contributed by atoms with van der Waals surface area (Å²) in [7, 11) is 5.71. The molecule has 0 aliphatic rings. The standard InChI is InChI=1S/C13H28N2O3/c1-12(2)18-11-13(16)15(9-10-17-5)8-6-7-14(3)4/h12H,6-11H2,1-5H3. The molecule has 0 aromatic carbocycles. The summed E-state index contributed by atoms with van der Waals surface area (Å²) < 4.78 is 10.4. The van der Waals surface area contributed by atoms with Crippen molar-refractivity contribution < 1.29 is 14.3 Å². The van der Waals surface area contributed by atoms with Crippen molar-refractivity contribution in [1.29, 1.82) is 0 Å². The second-order valence-electron chi connectivity index (χ2n) is 4.89. The Kier molecular flexibility index (Phi) is 9.92. The molecule has 0 radical (unpaired) electrons. The lowest BCUT2D eigenvalue weighted by atomic mass is 10.3. The number of rotatable bonds is 10. The summed E-state index contributed by atoms with van der Waals surface area (Å²) in [5.74, 6) is 0.0412. The second kappa shape index (κ2) is 10.3. The molecule has 18 heavy (non-hydrogen) atoms. The van der Waals surface area contributed by atoms with Gasteiger partial charge in [-0.05, 0) is 40.9 Å². The van der Waals surface area contributed by atoms with Crippen LogP contribution in [0.3, 0.4) is 0 Å². The Morgan fingerprint density at radius 1 is 1.17 bits per heavy atom. The van der Waals surface area contributed by atoms with Gasteiger partial charge in [0.15, 0.2) is 0 Å². The Hall–Kier alpha value is -0.650. The summed E-state index contributed by atoms with van der Waals surface area (Å²) in [6.45, 7) is 6.93. The topological polar surface area (TPSA) is 42.0 Å². The summed E-state index contributed by atoms with van der Waals surface area (Å²) >= 11 is 0. The van der Waals surface area contributed by atoms with E-state index < -0.39 is 0 Å². The third kappa shape index (κ3) is 9.39. The van der Waals surface area contributed by atoms with Gasteiger partial charge in [-0.2, -0.15) is 0 Å². The molecule has 0 aliphatic heterocycles. The van der Waals surface area contributed by atoms with Gasteiger partial charge in [0.2, 0.25) is 5.91 Å². The number of nitrogens with zero attached hydrogens (tertiary/aromatic N) is 2. The zero-order valence-electron chi connectivity index (χ0n) is 12.4. The lowest BCUT2D eigenvalue weighted by Gasteiger charge is -2.23. The van der Waals surface area contributed by atoms with E-state index >= 15 is 0 Å². The van der Waals surface area contributed by atoms with E-state index in [-0.39, 0.29) is 18.6 Å². The molecule has 0 aliphatic carbocycles. The highest BCUT2D eigenvalue weighted by molar-refractivity contribution is 5.77. The first-order valence-electron chi connectivity index (χ1n) is 6.50. The van der Waals surface area contributed by atoms with E-state index in [1.165, 1.54) is 0 Å². The van der Waals surface area contributed by atoms with Crippen LogP contribution in [0, 0.1) is 0 Å². The molecule has 0 N–H and O–H groups in total. The van der Waals surface area contributed by atoms with Crippen LogP contribution in [0.5, 0.6) is 0 Å². The van der Waals surface area contributed by atoms with E-state index in [4.69, 9.17) is 9.47 Å². The zero-order chi connectivity index (χ0) is 14.0. The Labute approximate surface area is 111 Å². The van der Waals surface area contributed by atoms with Gasteiger partial charge < -0.3 is 19.3 Å². The Morgan fingerprint density at radius 2 is 1.83 bits per heavy atom. The van der Waals surface area contributed by atoms with Crippen LogP contribution in [0.15, 0.2) is 0 Å². The van der Waals surface area contributed by atoms with E-state index in [0.717, 1.165) is 19.5 Å². The highest BCUT2D eigenvalue weighted by Crippen LogP contribution is 1.97. The minimum Gasteiger partial charge on any atom is -0.383 e. The summed E-state index contributed by atoms with van der Waals surface area (Å²) in [6, 6.07) is 0. The van der Waals surface area contributed by atoms with Crippen LogP contribution >= 0.6 is 0 Å². The van der Waals surface area contributed by atoms with Crippen LogP contribution in [-0.4, -0.2) is 75.9 Å². The van der Waals surface area contributed by atoms with Gasteiger partial charge in [-0.15, -0.1) is 0 Å². The molecule has 0 fully saturated rings. The minimum atomic E-state index is 0.0412. The van der Waals surface area contributed by atoms with Crippen molar-refractivity contribution in [3.05, 3.63) is 0 Å². The molecular weight excluding hydrogens is 232 g/mol. The van der Waals surface area contributed by atoms with Gasteiger partial charge in [0.1, 0.15) is 6.61 Å². The monoisotopic (exact) mass is 260 g/mol. The average Bonchev–Trinajstić information content (AvgIpc) is 2.30. The van der Waals surface area contributed by atoms with Crippen LogP contribution in [0.25, 0.3) is 0 Å². The molecule has 0 aromatic rings. The molecule has 108 valence electrons. The molecule has 0 atom stereocenters. The number of carbonyl (C=O) groups excluding carboxylic acids is 1. The molecule has 5 nitrogen and oxygen atoms in total. The molecule has 0 saturated carbocycles. The van der Waals surface area contributed by atoms with E-state index in [1.54, 1.807) is 7.11 Å². The van der Waals surface area contributed by atoms with Crippen LogP contribution in [0.1, 0.15) is 20.3 Å². The number of ether oxygens (including phenoxy) is 2. The smallest absolute Gasteiger partial charge is 0.248 e.